The molecule has 0 saturated heterocycles. The average molecular weight is 293 g/mol. The van der Waals surface area contributed by atoms with Crippen molar-refractivity contribution < 1.29 is 0 Å². The van der Waals surface area contributed by atoms with Crippen LogP contribution in [0.2, 0.25) is 0 Å². The van der Waals surface area contributed by atoms with Crippen LogP contribution < -0.4 is 5.43 Å². The molecule has 0 aliphatic heterocycles. The van der Waals surface area contributed by atoms with Gasteiger partial charge in [-0.2, -0.15) is 5.10 Å². The second-order valence-electron chi connectivity index (χ2n) is 5.38. The number of nitrogens with zero attached hydrogens (tertiary/aromatic N) is 2. The molecule has 0 saturated carbocycles. The number of para-hydroxylation sites is 1. The summed E-state index contributed by atoms with van der Waals surface area (Å²) in [5.41, 5.74) is 6.33. The SMILES string of the molecule is CN(C)CCC(/C=C\c1ccccc1)=N/Nc1ccccc1. The lowest BCUT2D eigenvalue weighted by molar-refractivity contribution is 0.422. The van der Waals surface area contributed by atoms with Crippen molar-refractivity contribution in [1.29, 1.82) is 0 Å². The topological polar surface area (TPSA) is 27.6 Å². The number of benzene rings is 2. The molecule has 0 aliphatic rings. The third kappa shape index (κ3) is 5.94. The minimum atomic E-state index is 0.899. The van der Waals surface area contributed by atoms with Gasteiger partial charge in [-0.15, -0.1) is 0 Å². The van der Waals surface area contributed by atoms with Crippen LogP contribution in [0.15, 0.2) is 71.8 Å². The van der Waals surface area contributed by atoms with Crippen molar-refractivity contribution in [2.45, 2.75) is 6.42 Å². The molecular formula is C19H23N3. The molecule has 1 N–H and O–H groups in total. The van der Waals surface area contributed by atoms with Gasteiger partial charge in [0.1, 0.15) is 0 Å². The van der Waals surface area contributed by atoms with Crippen molar-refractivity contribution >= 4 is 17.5 Å². The fourth-order valence-corrected chi connectivity index (χ4v) is 1.92. The van der Waals surface area contributed by atoms with Gasteiger partial charge in [0.2, 0.25) is 0 Å². The molecule has 0 amide bonds. The zero-order valence-electron chi connectivity index (χ0n) is 13.2. The standard InChI is InChI=1S/C19H23N3/c1-22(2)16-15-19(14-13-17-9-5-3-6-10-17)21-20-18-11-7-4-8-12-18/h3-14,20H,15-16H2,1-2H3/b14-13-,21-19+. The minimum absolute atomic E-state index is 0.899. The maximum atomic E-state index is 4.53. The van der Waals surface area contributed by atoms with Crippen molar-refractivity contribution in [1.82, 2.24) is 4.90 Å². The Labute approximate surface area is 133 Å². The lowest BCUT2D eigenvalue weighted by Crippen LogP contribution is -2.16. The van der Waals surface area contributed by atoms with Gasteiger partial charge in [-0.3, -0.25) is 5.43 Å². The van der Waals surface area contributed by atoms with Crippen LogP contribution in [-0.2, 0) is 0 Å². The Kier molecular flexibility index (Phi) is 6.39. The minimum Gasteiger partial charge on any atom is -0.309 e. The molecule has 0 atom stereocenters. The number of anilines is 1. The molecule has 114 valence electrons. The first-order valence-electron chi connectivity index (χ1n) is 7.49. The van der Waals surface area contributed by atoms with E-state index in [0.29, 0.717) is 0 Å². The Bertz CT molecular complexity index is 601. The molecular weight excluding hydrogens is 270 g/mol. The zero-order chi connectivity index (χ0) is 15.6. The molecule has 2 aromatic rings. The maximum absolute atomic E-state index is 4.53. The number of nitrogens with one attached hydrogen (secondary N) is 1. The highest BCUT2D eigenvalue weighted by molar-refractivity contribution is 5.98. The summed E-state index contributed by atoms with van der Waals surface area (Å²) < 4.78 is 0. The molecule has 0 aromatic heterocycles. The highest BCUT2D eigenvalue weighted by Gasteiger charge is 1.98. The van der Waals surface area contributed by atoms with Crippen LogP contribution in [0.4, 0.5) is 5.69 Å². The summed E-state index contributed by atoms with van der Waals surface area (Å²) in [7, 11) is 4.15. The summed E-state index contributed by atoms with van der Waals surface area (Å²) in [6.45, 7) is 0.967. The molecule has 0 radical (unpaired) electrons. The molecule has 22 heavy (non-hydrogen) atoms. The molecule has 0 heterocycles. The maximum Gasteiger partial charge on any atom is 0.0620 e. The van der Waals surface area contributed by atoms with Crippen LogP contribution in [0.25, 0.3) is 6.08 Å². The summed E-state index contributed by atoms with van der Waals surface area (Å²) in [6, 6.07) is 20.3. The first-order chi connectivity index (χ1) is 10.7. The summed E-state index contributed by atoms with van der Waals surface area (Å²) >= 11 is 0. The predicted molar refractivity (Wildman–Crippen MR) is 96.1 cm³/mol. The van der Waals surface area contributed by atoms with Gasteiger partial charge in [0.25, 0.3) is 0 Å². The third-order valence-corrected chi connectivity index (χ3v) is 3.19. The van der Waals surface area contributed by atoms with E-state index >= 15 is 0 Å². The lowest BCUT2D eigenvalue weighted by atomic mass is 10.1. The van der Waals surface area contributed by atoms with Crippen molar-refractivity contribution in [3.8, 4) is 0 Å². The van der Waals surface area contributed by atoms with E-state index in [0.717, 1.165) is 24.4 Å². The third-order valence-electron chi connectivity index (χ3n) is 3.19. The number of hydrogen-bond donors (Lipinski definition) is 1. The number of hydrogen-bond acceptors (Lipinski definition) is 3. The molecule has 0 bridgehead atoms. The van der Waals surface area contributed by atoms with Crippen LogP contribution in [-0.4, -0.2) is 31.3 Å². The van der Waals surface area contributed by atoms with Gasteiger partial charge in [-0.05, 0) is 37.9 Å². The van der Waals surface area contributed by atoms with Crippen molar-refractivity contribution in [3.63, 3.8) is 0 Å². The van der Waals surface area contributed by atoms with Gasteiger partial charge in [-0.25, -0.2) is 0 Å². The molecule has 0 aliphatic carbocycles. The monoisotopic (exact) mass is 293 g/mol. The van der Waals surface area contributed by atoms with Gasteiger partial charge in [0.05, 0.1) is 11.4 Å². The van der Waals surface area contributed by atoms with Gasteiger partial charge >= 0.3 is 0 Å². The van der Waals surface area contributed by atoms with Gasteiger partial charge in [-0.1, -0.05) is 54.6 Å². The van der Waals surface area contributed by atoms with E-state index < -0.39 is 0 Å². The Morgan fingerprint density at radius 1 is 1.00 bits per heavy atom. The molecule has 0 unspecified atom stereocenters. The second kappa shape index (κ2) is 8.80. The summed E-state index contributed by atoms with van der Waals surface area (Å²) in [6.07, 6.45) is 5.08. The number of hydrazone groups is 1. The van der Waals surface area contributed by atoms with E-state index in [1.165, 1.54) is 5.56 Å². The number of rotatable bonds is 7. The molecule has 2 rings (SSSR count). The Morgan fingerprint density at radius 3 is 2.27 bits per heavy atom. The predicted octanol–water partition coefficient (Wildman–Crippen LogP) is 4.12. The Hall–Kier alpha value is -2.39. The summed E-state index contributed by atoms with van der Waals surface area (Å²) in [4.78, 5) is 2.16. The van der Waals surface area contributed by atoms with Crippen LogP contribution in [0.3, 0.4) is 0 Å². The van der Waals surface area contributed by atoms with Gasteiger partial charge in [0, 0.05) is 13.0 Å². The molecule has 2 aromatic carbocycles. The van der Waals surface area contributed by atoms with E-state index in [1.54, 1.807) is 0 Å². The van der Waals surface area contributed by atoms with E-state index in [9.17, 15) is 0 Å². The van der Waals surface area contributed by atoms with Crippen LogP contribution >= 0.6 is 0 Å². The molecule has 0 spiro atoms. The molecule has 3 nitrogen and oxygen atoms in total. The van der Waals surface area contributed by atoms with Crippen molar-refractivity contribution in [2.75, 3.05) is 26.1 Å². The Morgan fingerprint density at radius 2 is 1.64 bits per heavy atom. The fraction of sp³-hybridized carbons (Fsp3) is 0.211. The first-order valence-corrected chi connectivity index (χ1v) is 7.49. The van der Waals surface area contributed by atoms with E-state index in [1.807, 2.05) is 48.5 Å². The zero-order valence-corrected chi connectivity index (χ0v) is 13.2. The van der Waals surface area contributed by atoms with Crippen molar-refractivity contribution in [3.05, 3.63) is 72.3 Å². The smallest absolute Gasteiger partial charge is 0.0620 e. The highest BCUT2D eigenvalue weighted by Crippen LogP contribution is 2.07. The Balaban J connectivity index is 2.06. The summed E-state index contributed by atoms with van der Waals surface area (Å²) in [5.74, 6) is 0. The van der Waals surface area contributed by atoms with Crippen LogP contribution in [0, 0.1) is 0 Å². The fourth-order valence-electron chi connectivity index (χ4n) is 1.92. The number of allylic oxidation sites excluding steroid dienone is 1. The van der Waals surface area contributed by atoms with Gasteiger partial charge in [0.15, 0.2) is 0 Å². The van der Waals surface area contributed by atoms with Crippen molar-refractivity contribution in [2.24, 2.45) is 5.10 Å². The largest absolute Gasteiger partial charge is 0.309 e. The quantitative estimate of drug-likeness (QED) is 0.614. The van der Waals surface area contributed by atoms with E-state index in [2.05, 4.69) is 53.8 Å². The van der Waals surface area contributed by atoms with Gasteiger partial charge < -0.3 is 4.90 Å². The first kappa shape index (κ1) is 16.0. The normalized spacial score (nSPS) is 12.0. The lowest BCUT2D eigenvalue weighted by Gasteiger charge is -2.09. The van der Waals surface area contributed by atoms with E-state index in [4.69, 9.17) is 0 Å². The molecule has 3 heteroatoms. The second-order valence-corrected chi connectivity index (χ2v) is 5.38. The average Bonchev–Trinajstić information content (AvgIpc) is 2.56. The van der Waals surface area contributed by atoms with Crippen LogP contribution in [0.5, 0.6) is 0 Å². The highest BCUT2D eigenvalue weighted by atomic mass is 15.3. The van der Waals surface area contributed by atoms with Crippen LogP contribution in [0.1, 0.15) is 12.0 Å². The van der Waals surface area contributed by atoms with E-state index in [-0.39, 0.29) is 0 Å². The summed E-state index contributed by atoms with van der Waals surface area (Å²) in [5, 5.41) is 4.53. The molecule has 0 fully saturated rings.